The van der Waals surface area contributed by atoms with Crippen LogP contribution in [0.2, 0.25) is 0 Å². The van der Waals surface area contributed by atoms with Gasteiger partial charge in [0.2, 0.25) is 0 Å². The van der Waals surface area contributed by atoms with E-state index in [2.05, 4.69) is 60.9 Å². The molecule has 9 nitrogen and oxygen atoms in total. The molecule has 0 spiro atoms. The number of carbonyl (C=O) groups is 1. The van der Waals surface area contributed by atoms with E-state index in [1.54, 1.807) is 6.08 Å². The normalized spacial score (nSPS) is 11.4. The highest BCUT2D eigenvalue weighted by Gasteiger charge is 2.19. The monoisotopic (exact) mass is 507 g/mol. The molecular weight excluding hydrogens is 478 g/mol. The van der Waals surface area contributed by atoms with Crippen molar-refractivity contribution in [1.82, 2.24) is 34.7 Å². The lowest BCUT2D eigenvalue weighted by molar-refractivity contribution is -0.131. The summed E-state index contributed by atoms with van der Waals surface area (Å²) in [6.45, 7) is 6.74. The van der Waals surface area contributed by atoms with E-state index in [0.29, 0.717) is 12.4 Å². The summed E-state index contributed by atoms with van der Waals surface area (Å²) in [5, 5.41) is 23.7. The summed E-state index contributed by atoms with van der Waals surface area (Å²) in [6, 6.07) is 20.4. The van der Waals surface area contributed by atoms with E-state index >= 15 is 0 Å². The third-order valence-electron chi connectivity index (χ3n) is 6.54. The molecule has 0 aliphatic heterocycles. The minimum absolute atomic E-state index is 0.564. The largest absolute Gasteiger partial charge is 0.478 e. The van der Waals surface area contributed by atoms with Crippen LogP contribution in [-0.2, 0) is 17.8 Å². The van der Waals surface area contributed by atoms with Gasteiger partial charge in [0.15, 0.2) is 11.6 Å². The molecule has 0 fully saturated rings. The van der Waals surface area contributed by atoms with Crippen LogP contribution in [0.5, 0.6) is 0 Å². The molecule has 2 aromatic carbocycles. The minimum Gasteiger partial charge on any atom is -0.478 e. The molecule has 5 rings (SSSR count). The zero-order valence-electron chi connectivity index (χ0n) is 21.6. The van der Waals surface area contributed by atoms with Gasteiger partial charge in [0.05, 0.1) is 5.69 Å². The lowest BCUT2D eigenvalue weighted by Crippen LogP contribution is -2.08. The van der Waals surface area contributed by atoms with Crippen molar-refractivity contribution in [2.75, 3.05) is 0 Å². The second-order valence-electron chi connectivity index (χ2n) is 9.19. The van der Waals surface area contributed by atoms with Crippen LogP contribution in [0.15, 0.2) is 66.7 Å². The van der Waals surface area contributed by atoms with Crippen molar-refractivity contribution in [1.29, 1.82) is 0 Å². The van der Waals surface area contributed by atoms with Crippen molar-refractivity contribution in [2.24, 2.45) is 0 Å². The van der Waals surface area contributed by atoms with Crippen LogP contribution in [-0.4, -0.2) is 45.8 Å². The Labute approximate surface area is 220 Å². The Morgan fingerprint density at radius 1 is 1.00 bits per heavy atom. The van der Waals surface area contributed by atoms with Gasteiger partial charge in [-0.1, -0.05) is 55.5 Å². The first-order chi connectivity index (χ1) is 18.5. The number of aryl methyl sites for hydroxylation is 3. The number of imidazole rings is 1. The Kier molecular flexibility index (Phi) is 6.99. The fourth-order valence-electron chi connectivity index (χ4n) is 4.76. The van der Waals surface area contributed by atoms with Gasteiger partial charge in [0, 0.05) is 36.0 Å². The molecule has 192 valence electrons. The number of carboxylic acids is 1. The third kappa shape index (κ3) is 4.90. The molecule has 0 aliphatic carbocycles. The number of tetrazole rings is 1. The quantitative estimate of drug-likeness (QED) is 0.264. The Balaban J connectivity index is 1.55. The Morgan fingerprint density at radius 2 is 1.71 bits per heavy atom. The highest BCUT2D eigenvalue weighted by molar-refractivity contribution is 5.85. The summed E-state index contributed by atoms with van der Waals surface area (Å²) in [5.74, 6) is 1.29. The number of nitrogens with zero attached hydrogens (tertiary/aromatic N) is 6. The maximum absolute atomic E-state index is 11.5. The van der Waals surface area contributed by atoms with Crippen molar-refractivity contribution in [3.8, 4) is 28.3 Å². The van der Waals surface area contributed by atoms with Gasteiger partial charge in [-0.05, 0) is 65.6 Å². The average Bonchev–Trinajstić information content (AvgIpc) is 3.64. The van der Waals surface area contributed by atoms with Crippen LogP contribution >= 0.6 is 0 Å². The first-order valence-corrected chi connectivity index (χ1v) is 12.5. The number of H-pyrrole nitrogens is 1. The smallest absolute Gasteiger partial charge is 0.328 e. The van der Waals surface area contributed by atoms with Crippen LogP contribution in [0.25, 0.3) is 34.4 Å². The van der Waals surface area contributed by atoms with E-state index in [-0.39, 0.29) is 0 Å². The van der Waals surface area contributed by atoms with Gasteiger partial charge >= 0.3 is 5.97 Å². The van der Waals surface area contributed by atoms with Crippen LogP contribution in [0.1, 0.15) is 41.8 Å². The average molecular weight is 508 g/mol. The van der Waals surface area contributed by atoms with Gasteiger partial charge in [-0.3, -0.25) is 0 Å². The van der Waals surface area contributed by atoms with Crippen molar-refractivity contribution in [2.45, 2.75) is 40.2 Å². The number of aromatic amines is 1. The van der Waals surface area contributed by atoms with E-state index < -0.39 is 5.97 Å². The van der Waals surface area contributed by atoms with Crippen molar-refractivity contribution < 1.29 is 9.90 Å². The van der Waals surface area contributed by atoms with Crippen LogP contribution in [0, 0.1) is 13.8 Å². The van der Waals surface area contributed by atoms with E-state index in [9.17, 15) is 9.90 Å². The van der Waals surface area contributed by atoms with Gasteiger partial charge in [0.1, 0.15) is 5.82 Å². The summed E-state index contributed by atoms with van der Waals surface area (Å²) >= 11 is 0. The number of rotatable bonds is 9. The minimum atomic E-state index is -0.994. The molecule has 0 atom stereocenters. The zero-order chi connectivity index (χ0) is 26.6. The van der Waals surface area contributed by atoms with Gasteiger partial charge in [0.25, 0.3) is 0 Å². The summed E-state index contributed by atoms with van der Waals surface area (Å²) in [6.07, 6.45) is 4.54. The number of aromatic nitrogens is 7. The number of benzene rings is 2. The molecule has 0 saturated heterocycles. The molecule has 38 heavy (non-hydrogen) atoms. The van der Waals surface area contributed by atoms with E-state index in [0.717, 1.165) is 63.8 Å². The molecule has 5 aromatic rings. The molecule has 9 heteroatoms. The van der Waals surface area contributed by atoms with Crippen molar-refractivity contribution in [3.05, 3.63) is 95.2 Å². The summed E-state index contributed by atoms with van der Waals surface area (Å²) in [4.78, 5) is 16.5. The summed E-state index contributed by atoms with van der Waals surface area (Å²) in [7, 11) is 0. The molecule has 0 bridgehead atoms. The molecule has 0 unspecified atom stereocenters. The topological polar surface area (TPSA) is 115 Å². The second kappa shape index (κ2) is 10.7. The first kappa shape index (κ1) is 24.9. The molecule has 3 aromatic heterocycles. The predicted octanol–water partition coefficient (Wildman–Crippen LogP) is 5.24. The molecule has 0 amide bonds. The Morgan fingerprint density at radius 3 is 2.34 bits per heavy atom. The fraction of sp³-hybridized carbons (Fsp3) is 0.207. The highest BCUT2D eigenvalue weighted by Crippen LogP contribution is 2.30. The molecule has 0 radical (unpaired) electrons. The lowest BCUT2D eigenvalue weighted by atomic mass is 9.98. The van der Waals surface area contributed by atoms with E-state index in [1.165, 1.54) is 6.08 Å². The van der Waals surface area contributed by atoms with Crippen LogP contribution in [0.4, 0.5) is 0 Å². The SMILES string of the molecule is CCCc1nc(-n2c(C)ccc2C)c(/C=C/C(=O)O)n1Cc1ccc(-c2ccccc2-c2nnn[nH]2)cc1. The maximum atomic E-state index is 11.5. The maximum Gasteiger partial charge on any atom is 0.328 e. The molecule has 0 aliphatic rings. The molecule has 2 N–H and O–H groups in total. The fourth-order valence-corrected chi connectivity index (χ4v) is 4.76. The van der Waals surface area contributed by atoms with E-state index in [1.807, 2.05) is 50.2 Å². The number of nitrogens with one attached hydrogen (secondary N) is 1. The van der Waals surface area contributed by atoms with Gasteiger partial charge in [-0.15, -0.1) is 5.10 Å². The standard InChI is InChI=1S/C29H29N7O2/c1-4-7-26-30-29(36-19(2)10-11-20(36)3)25(16-17-27(37)38)35(26)18-21-12-14-22(15-13-21)23-8-5-6-9-24(23)28-31-33-34-32-28/h5-6,8-17H,4,7,18H2,1-3H3,(H,37,38)(H,31,32,33,34)/b17-16+. The van der Waals surface area contributed by atoms with Crippen LogP contribution in [0.3, 0.4) is 0 Å². The number of carboxylic acid groups (broad SMARTS) is 1. The van der Waals surface area contributed by atoms with Gasteiger partial charge in [-0.25, -0.2) is 14.9 Å². The number of aliphatic carboxylic acids is 1. The zero-order valence-corrected chi connectivity index (χ0v) is 21.6. The first-order valence-electron chi connectivity index (χ1n) is 12.5. The van der Waals surface area contributed by atoms with Crippen LogP contribution < -0.4 is 0 Å². The lowest BCUT2D eigenvalue weighted by Gasteiger charge is -2.13. The molecule has 3 heterocycles. The summed E-state index contributed by atoms with van der Waals surface area (Å²) in [5.41, 5.74) is 6.94. The van der Waals surface area contributed by atoms with E-state index in [4.69, 9.17) is 4.98 Å². The number of hydrogen-bond acceptors (Lipinski definition) is 5. The number of hydrogen-bond donors (Lipinski definition) is 2. The van der Waals surface area contributed by atoms with Crippen molar-refractivity contribution in [3.63, 3.8) is 0 Å². The molecular formula is C29H29N7O2. The molecule has 0 saturated carbocycles. The second-order valence-corrected chi connectivity index (χ2v) is 9.19. The predicted molar refractivity (Wildman–Crippen MR) is 146 cm³/mol. The Bertz CT molecular complexity index is 1570. The highest BCUT2D eigenvalue weighted by atomic mass is 16.4. The van der Waals surface area contributed by atoms with Gasteiger partial charge in [-0.2, -0.15) is 0 Å². The van der Waals surface area contributed by atoms with Crippen molar-refractivity contribution >= 4 is 12.0 Å². The third-order valence-corrected chi connectivity index (χ3v) is 6.54. The Hall–Kier alpha value is -4.79. The summed E-state index contributed by atoms with van der Waals surface area (Å²) < 4.78 is 4.20. The van der Waals surface area contributed by atoms with Gasteiger partial charge < -0.3 is 14.2 Å².